The van der Waals surface area contributed by atoms with E-state index < -0.39 is 0 Å². The Hall–Kier alpha value is -0.840. The van der Waals surface area contributed by atoms with Gasteiger partial charge in [0.25, 0.3) is 0 Å². The van der Waals surface area contributed by atoms with Crippen molar-refractivity contribution in [3.05, 3.63) is 24.2 Å². The molecule has 2 aliphatic rings. The van der Waals surface area contributed by atoms with Crippen LogP contribution in [0.4, 0.5) is 0 Å². The van der Waals surface area contributed by atoms with Crippen LogP contribution in [0.3, 0.4) is 0 Å². The van der Waals surface area contributed by atoms with E-state index in [-0.39, 0.29) is 0 Å². The topological polar surface area (TPSA) is 41.4 Å². The summed E-state index contributed by atoms with van der Waals surface area (Å²) in [4.78, 5) is 2.34. The summed E-state index contributed by atoms with van der Waals surface area (Å²) in [6.45, 7) is 4.63. The maximum atomic E-state index is 5.34. The van der Waals surface area contributed by atoms with Crippen molar-refractivity contribution in [3.63, 3.8) is 0 Å². The minimum Gasteiger partial charge on any atom is -0.468 e. The van der Waals surface area contributed by atoms with Gasteiger partial charge in [0.15, 0.2) is 0 Å². The molecule has 0 N–H and O–H groups in total. The second-order valence-corrected chi connectivity index (χ2v) is 4.18. The van der Waals surface area contributed by atoms with Gasteiger partial charge in [-0.25, -0.2) is 0 Å². The molecule has 1 aromatic rings. The summed E-state index contributed by atoms with van der Waals surface area (Å²) in [6.07, 6.45) is 2.58. The van der Waals surface area contributed by atoms with Crippen molar-refractivity contribution < 1.29 is 13.9 Å². The van der Waals surface area contributed by atoms with Crippen LogP contribution in [0.1, 0.15) is 5.76 Å². The maximum Gasteiger partial charge on any atom is 0.117 e. The molecule has 4 heteroatoms. The van der Waals surface area contributed by atoms with Crippen LogP contribution < -0.4 is 0 Å². The monoisotopic (exact) mass is 209 g/mol. The van der Waals surface area contributed by atoms with E-state index in [2.05, 4.69) is 4.90 Å². The number of epoxide rings is 2. The van der Waals surface area contributed by atoms with E-state index >= 15 is 0 Å². The number of hydrogen-bond donors (Lipinski definition) is 0. The Labute approximate surface area is 88.8 Å². The average Bonchev–Trinajstić information content (AvgIpc) is 3.12. The molecule has 2 atom stereocenters. The molecule has 0 saturated carbocycles. The van der Waals surface area contributed by atoms with Crippen molar-refractivity contribution in [3.8, 4) is 0 Å². The van der Waals surface area contributed by atoms with Gasteiger partial charge in [0.1, 0.15) is 5.76 Å². The highest BCUT2D eigenvalue weighted by Gasteiger charge is 2.30. The lowest BCUT2D eigenvalue weighted by Crippen LogP contribution is -2.31. The summed E-state index contributed by atoms with van der Waals surface area (Å²) < 4.78 is 15.8. The third kappa shape index (κ3) is 2.81. The normalized spacial score (nSPS) is 28.3. The van der Waals surface area contributed by atoms with Crippen LogP contribution in [-0.2, 0) is 16.0 Å². The summed E-state index contributed by atoms with van der Waals surface area (Å²) in [7, 11) is 0. The van der Waals surface area contributed by atoms with Gasteiger partial charge >= 0.3 is 0 Å². The Kier molecular flexibility index (Phi) is 2.48. The molecule has 0 aromatic carbocycles. The molecule has 2 unspecified atom stereocenters. The smallest absolute Gasteiger partial charge is 0.117 e. The number of hydrogen-bond acceptors (Lipinski definition) is 4. The maximum absolute atomic E-state index is 5.34. The molecule has 3 rings (SSSR count). The molecule has 2 aliphatic heterocycles. The quantitative estimate of drug-likeness (QED) is 0.652. The van der Waals surface area contributed by atoms with Crippen molar-refractivity contribution in [1.29, 1.82) is 0 Å². The Morgan fingerprint density at radius 2 is 1.87 bits per heavy atom. The molecule has 4 nitrogen and oxygen atoms in total. The highest BCUT2D eigenvalue weighted by Crippen LogP contribution is 2.17. The molecule has 0 radical (unpaired) electrons. The fourth-order valence-corrected chi connectivity index (χ4v) is 1.75. The van der Waals surface area contributed by atoms with Gasteiger partial charge in [0, 0.05) is 13.1 Å². The van der Waals surface area contributed by atoms with E-state index in [1.54, 1.807) is 6.26 Å². The minimum absolute atomic E-state index is 0.429. The van der Waals surface area contributed by atoms with E-state index in [1.165, 1.54) is 0 Å². The van der Waals surface area contributed by atoms with Gasteiger partial charge in [0.2, 0.25) is 0 Å². The second-order valence-electron chi connectivity index (χ2n) is 4.18. The van der Waals surface area contributed by atoms with E-state index in [0.717, 1.165) is 38.6 Å². The van der Waals surface area contributed by atoms with Gasteiger partial charge in [-0.2, -0.15) is 0 Å². The van der Waals surface area contributed by atoms with Crippen LogP contribution in [0.25, 0.3) is 0 Å². The molecule has 15 heavy (non-hydrogen) atoms. The summed E-state index contributed by atoms with van der Waals surface area (Å²) in [6, 6.07) is 3.93. The van der Waals surface area contributed by atoms with Gasteiger partial charge < -0.3 is 13.9 Å². The highest BCUT2D eigenvalue weighted by molar-refractivity contribution is 4.98. The fourth-order valence-electron chi connectivity index (χ4n) is 1.75. The molecule has 0 amide bonds. The van der Waals surface area contributed by atoms with E-state index in [0.29, 0.717) is 12.2 Å². The van der Waals surface area contributed by atoms with E-state index in [9.17, 15) is 0 Å². The lowest BCUT2D eigenvalue weighted by atomic mass is 10.3. The second kappa shape index (κ2) is 3.96. The van der Waals surface area contributed by atoms with Crippen molar-refractivity contribution in [2.75, 3.05) is 26.3 Å². The first kappa shape index (κ1) is 9.39. The molecule has 0 aliphatic carbocycles. The molecular formula is C11H15NO3. The summed E-state index contributed by atoms with van der Waals surface area (Å²) in [5, 5.41) is 0. The summed E-state index contributed by atoms with van der Waals surface area (Å²) >= 11 is 0. The Bertz CT molecular complexity index is 290. The van der Waals surface area contributed by atoms with Gasteiger partial charge in [-0.05, 0) is 12.1 Å². The first-order valence-electron chi connectivity index (χ1n) is 5.38. The zero-order valence-electron chi connectivity index (χ0n) is 8.59. The zero-order chi connectivity index (χ0) is 10.1. The summed E-state index contributed by atoms with van der Waals surface area (Å²) in [5.74, 6) is 1.01. The zero-order valence-corrected chi connectivity index (χ0v) is 8.59. The third-order valence-electron chi connectivity index (χ3n) is 2.69. The number of furan rings is 1. The minimum atomic E-state index is 0.429. The first-order valence-corrected chi connectivity index (χ1v) is 5.38. The highest BCUT2D eigenvalue weighted by atomic mass is 16.6. The molecular weight excluding hydrogens is 194 g/mol. The standard InChI is InChI=1S/C11H15NO3/c1-2-9(13-3-1)4-12(5-10-7-14-10)6-11-8-15-11/h1-3,10-11H,4-8H2. The van der Waals surface area contributed by atoms with Crippen LogP contribution in [0, 0.1) is 0 Å². The largest absolute Gasteiger partial charge is 0.468 e. The predicted molar refractivity (Wildman–Crippen MR) is 53.5 cm³/mol. The van der Waals surface area contributed by atoms with Crippen molar-refractivity contribution >= 4 is 0 Å². The molecule has 2 fully saturated rings. The SMILES string of the molecule is c1coc(CN(CC2CO2)CC2CO2)c1. The molecule has 82 valence electrons. The molecule has 1 aromatic heterocycles. The third-order valence-corrected chi connectivity index (χ3v) is 2.69. The Morgan fingerprint density at radius 3 is 2.33 bits per heavy atom. The van der Waals surface area contributed by atoms with Gasteiger partial charge in [-0.3, -0.25) is 4.90 Å². The van der Waals surface area contributed by atoms with Crippen molar-refractivity contribution in [1.82, 2.24) is 4.90 Å². The lowest BCUT2D eigenvalue weighted by Gasteiger charge is -2.18. The van der Waals surface area contributed by atoms with Gasteiger partial charge in [-0.1, -0.05) is 0 Å². The van der Waals surface area contributed by atoms with E-state index in [1.807, 2.05) is 12.1 Å². The molecule has 0 bridgehead atoms. The lowest BCUT2D eigenvalue weighted by molar-refractivity contribution is 0.200. The Morgan fingerprint density at radius 1 is 1.20 bits per heavy atom. The van der Waals surface area contributed by atoms with Crippen molar-refractivity contribution in [2.45, 2.75) is 18.8 Å². The average molecular weight is 209 g/mol. The van der Waals surface area contributed by atoms with Gasteiger partial charge in [-0.15, -0.1) is 0 Å². The number of rotatable bonds is 6. The first-order chi connectivity index (χ1) is 7.40. The predicted octanol–water partition coefficient (Wildman–Crippen LogP) is 0.879. The number of nitrogens with zero attached hydrogens (tertiary/aromatic N) is 1. The van der Waals surface area contributed by atoms with Crippen LogP contribution in [-0.4, -0.2) is 43.4 Å². The van der Waals surface area contributed by atoms with E-state index in [4.69, 9.17) is 13.9 Å². The van der Waals surface area contributed by atoms with Crippen LogP contribution in [0.2, 0.25) is 0 Å². The van der Waals surface area contributed by atoms with Gasteiger partial charge in [0.05, 0.1) is 38.2 Å². The molecule has 0 spiro atoms. The fraction of sp³-hybridized carbons (Fsp3) is 0.636. The van der Waals surface area contributed by atoms with Crippen molar-refractivity contribution in [2.24, 2.45) is 0 Å². The molecule has 2 saturated heterocycles. The number of ether oxygens (including phenoxy) is 2. The Balaban J connectivity index is 1.55. The van der Waals surface area contributed by atoms with Crippen LogP contribution in [0.15, 0.2) is 22.8 Å². The van der Waals surface area contributed by atoms with Crippen LogP contribution >= 0.6 is 0 Å². The summed E-state index contributed by atoms with van der Waals surface area (Å²) in [5.41, 5.74) is 0. The molecule has 3 heterocycles. The van der Waals surface area contributed by atoms with Crippen LogP contribution in [0.5, 0.6) is 0 Å².